The Kier molecular flexibility index (Phi) is 3.47. The van der Waals surface area contributed by atoms with Crippen molar-refractivity contribution in [2.75, 3.05) is 6.61 Å². The van der Waals surface area contributed by atoms with Crippen LogP contribution in [0.5, 0.6) is 5.75 Å². The van der Waals surface area contributed by atoms with Crippen LogP contribution in [0.15, 0.2) is 41.5 Å². The maximum Gasteiger partial charge on any atom is 0.341 e. The summed E-state index contributed by atoms with van der Waals surface area (Å²) in [4.78, 5) is 36.1. The minimum atomic E-state index is -1.05. The second-order valence-corrected chi connectivity index (χ2v) is 7.64. The predicted molar refractivity (Wildman–Crippen MR) is 93.7 cm³/mol. The molecule has 1 heterocycles. The minimum absolute atomic E-state index is 0.187. The zero-order chi connectivity index (χ0) is 18.7. The van der Waals surface area contributed by atoms with Gasteiger partial charge >= 0.3 is 5.97 Å². The molecule has 0 aromatic heterocycles. The number of carboxylic acids is 1. The van der Waals surface area contributed by atoms with Crippen molar-refractivity contribution in [1.82, 2.24) is 5.01 Å². The number of rotatable bonds is 5. The second-order valence-electron chi connectivity index (χ2n) is 7.64. The van der Waals surface area contributed by atoms with Crippen LogP contribution in [0.2, 0.25) is 0 Å². The van der Waals surface area contributed by atoms with Gasteiger partial charge in [0.1, 0.15) is 5.75 Å². The summed E-state index contributed by atoms with van der Waals surface area (Å²) in [5.74, 6) is 0.0188. The van der Waals surface area contributed by atoms with Crippen LogP contribution in [0, 0.1) is 35.5 Å². The number of carboxylic acid groups (broad SMARTS) is 1. The van der Waals surface area contributed by atoms with Crippen molar-refractivity contribution < 1.29 is 24.2 Å². The lowest BCUT2D eigenvalue weighted by Gasteiger charge is -2.37. The Morgan fingerprint density at radius 3 is 2.26 bits per heavy atom. The van der Waals surface area contributed by atoms with Gasteiger partial charge in [-0.1, -0.05) is 12.2 Å². The zero-order valence-electron chi connectivity index (χ0n) is 14.4. The van der Waals surface area contributed by atoms with Gasteiger partial charge in [0.25, 0.3) is 11.8 Å². The minimum Gasteiger partial charge on any atom is -0.482 e. The molecule has 1 aliphatic heterocycles. The first-order chi connectivity index (χ1) is 13.0. The molecule has 1 saturated heterocycles. The lowest BCUT2D eigenvalue weighted by Crippen LogP contribution is -2.40. The van der Waals surface area contributed by atoms with Gasteiger partial charge in [0.15, 0.2) is 6.61 Å². The smallest absolute Gasteiger partial charge is 0.341 e. The predicted octanol–water partition coefficient (Wildman–Crippen LogP) is 1.54. The Labute approximate surface area is 155 Å². The summed E-state index contributed by atoms with van der Waals surface area (Å²) in [5, 5.41) is 13.8. The van der Waals surface area contributed by atoms with Gasteiger partial charge in [-0.15, -0.1) is 0 Å². The monoisotopic (exact) mass is 366 g/mol. The van der Waals surface area contributed by atoms with Crippen molar-refractivity contribution in [3.63, 3.8) is 0 Å². The molecular formula is C20H18N2O5. The van der Waals surface area contributed by atoms with E-state index in [4.69, 9.17) is 9.84 Å². The largest absolute Gasteiger partial charge is 0.482 e. The summed E-state index contributed by atoms with van der Waals surface area (Å²) < 4.78 is 5.07. The molecule has 1 N–H and O–H groups in total. The van der Waals surface area contributed by atoms with Crippen LogP contribution in [0.25, 0.3) is 0 Å². The number of carbonyl (C=O) groups excluding carboxylic acids is 2. The normalized spacial score (nSPS) is 35.5. The average molecular weight is 366 g/mol. The molecule has 7 nitrogen and oxygen atoms in total. The Hall–Kier alpha value is -2.96. The van der Waals surface area contributed by atoms with Crippen molar-refractivity contribution in [1.29, 1.82) is 0 Å². The Balaban J connectivity index is 1.31. The molecule has 6 rings (SSSR count). The highest BCUT2D eigenvalue weighted by Crippen LogP contribution is 2.65. The van der Waals surface area contributed by atoms with E-state index < -0.39 is 12.6 Å². The molecule has 0 radical (unpaired) electrons. The molecule has 2 saturated carbocycles. The molecular weight excluding hydrogens is 348 g/mol. The van der Waals surface area contributed by atoms with Crippen molar-refractivity contribution in [3.05, 3.63) is 42.0 Å². The quantitative estimate of drug-likeness (QED) is 0.484. The summed E-state index contributed by atoms with van der Waals surface area (Å²) >= 11 is 0. The third kappa shape index (κ3) is 2.49. The van der Waals surface area contributed by atoms with Gasteiger partial charge in [-0.3, -0.25) is 9.59 Å². The number of benzene rings is 1. The van der Waals surface area contributed by atoms with Gasteiger partial charge in [0, 0.05) is 0 Å². The van der Waals surface area contributed by atoms with Crippen LogP contribution >= 0.6 is 0 Å². The van der Waals surface area contributed by atoms with Gasteiger partial charge in [-0.25, -0.2) is 4.79 Å². The van der Waals surface area contributed by atoms with Crippen LogP contribution < -0.4 is 4.74 Å². The summed E-state index contributed by atoms with van der Waals surface area (Å²) in [6.45, 7) is -0.411. The molecule has 138 valence electrons. The highest BCUT2D eigenvalue weighted by atomic mass is 16.5. The van der Waals surface area contributed by atoms with Crippen LogP contribution in [-0.2, 0) is 14.4 Å². The number of hydrazone groups is 1. The standard InChI is InChI=1S/C20H18N2O5/c23-16(24)9-27-11-3-1-10(2-4-11)8-21-22-19(25)17-12-5-6-13(15-7-14(12)15)18(17)20(22)26/h1-6,8,12-15,17-18H,7,9H2,(H,23,24)/b21-8-/t12-,13+,14-,15-,17+,18-/m1/s1. The van der Waals surface area contributed by atoms with E-state index in [1.807, 2.05) is 0 Å². The summed E-state index contributed by atoms with van der Waals surface area (Å²) in [6.07, 6.45) is 6.88. The molecule has 0 unspecified atom stereocenters. The Morgan fingerprint density at radius 2 is 1.70 bits per heavy atom. The molecule has 3 fully saturated rings. The third-order valence-corrected chi connectivity index (χ3v) is 6.20. The summed E-state index contributed by atoms with van der Waals surface area (Å²) in [5.41, 5.74) is 0.692. The molecule has 1 aromatic carbocycles. The molecule has 1 aromatic rings. The highest BCUT2D eigenvalue weighted by Gasteiger charge is 2.67. The van der Waals surface area contributed by atoms with Gasteiger partial charge in [-0.05, 0) is 59.9 Å². The zero-order valence-corrected chi connectivity index (χ0v) is 14.4. The van der Waals surface area contributed by atoms with E-state index in [-0.39, 0.29) is 35.5 Å². The van der Waals surface area contributed by atoms with Gasteiger partial charge in [-0.2, -0.15) is 10.1 Å². The number of carbonyl (C=O) groups is 3. The van der Waals surface area contributed by atoms with Crippen LogP contribution in [0.4, 0.5) is 0 Å². The van der Waals surface area contributed by atoms with E-state index in [9.17, 15) is 14.4 Å². The lowest BCUT2D eigenvalue weighted by atomic mass is 9.63. The number of nitrogens with zero attached hydrogens (tertiary/aromatic N) is 2. The molecule has 6 atom stereocenters. The van der Waals surface area contributed by atoms with E-state index in [1.165, 1.54) is 6.21 Å². The van der Waals surface area contributed by atoms with Crippen molar-refractivity contribution in [2.24, 2.45) is 40.6 Å². The number of ether oxygens (including phenoxy) is 1. The third-order valence-electron chi connectivity index (χ3n) is 6.20. The highest BCUT2D eigenvalue weighted by molar-refractivity contribution is 6.06. The van der Waals surface area contributed by atoms with Gasteiger partial charge in [0.2, 0.25) is 0 Å². The van der Waals surface area contributed by atoms with E-state index in [2.05, 4.69) is 17.3 Å². The fourth-order valence-corrected chi connectivity index (χ4v) is 4.97. The Morgan fingerprint density at radius 1 is 1.11 bits per heavy atom. The SMILES string of the molecule is O=C(O)COc1ccc(/C=N\N2C(=O)[C@@H]3[C@H]4C=C[C@H]([C@H]5C[C@H]45)[C@@H]3C2=O)cc1. The first-order valence-corrected chi connectivity index (χ1v) is 9.09. The van der Waals surface area contributed by atoms with Crippen LogP contribution in [0.1, 0.15) is 12.0 Å². The van der Waals surface area contributed by atoms with Crippen LogP contribution in [-0.4, -0.2) is 40.7 Å². The first kappa shape index (κ1) is 16.2. The van der Waals surface area contributed by atoms with E-state index in [1.54, 1.807) is 24.3 Å². The molecule has 27 heavy (non-hydrogen) atoms. The molecule has 2 amide bonds. The van der Waals surface area contributed by atoms with E-state index in [0.717, 1.165) is 11.4 Å². The first-order valence-electron chi connectivity index (χ1n) is 9.09. The lowest BCUT2D eigenvalue weighted by molar-refractivity contribution is -0.141. The maximum atomic E-state index is 12.8. The topological polar surface area (TPSA) is 96.3 Å². The molecule has 0 spiro atoms. The summed E-state index contributed by atoms with van der Waals surface area (Å²) in [7, 11) is 0. The fraction of sp³-hybridized carbons (Fsp3) is 0.400. The van der Waals surface area contributed by atoms with E-state index in [0.29, 0.717) is 23.1 Å². The number of hydrogen-bond donors (Lipinski definition) is 1. The number of amides is 2. The van der Waals surface area contributed by atoms with Gasteiger partial charge < -0.3 is 9.84 Å². The Bertz CT molecular complexity index is 854. The van der Waals surface area contributed by atoms with Crippen molar-refractivity contribution >= 4 is 24.0 Å². The van der Waals surface area contributed by atoms with Crippen molar-refractivity contribution in [2.45, 2.75) is 6.42 Å². The second kappa shape index (κ2) is 5.77. The number of aliphatic carboxylic acids is 1. The molecule has 4 aliphatic carbocycles. The summed E-state index contributed by atoms with van der Waals surface area (Å²) in [6, 6.07) is 6.63. The average Bonchev–Trinajstić information content (AvgIpc) is 3.45. The van der Waals surface area contributed by atoms with Crippen molar-refractivity contribution in [3.8, 4) is 5.75 Å². The number of hydrogen-bond acceptors (Lipinski definition) is 5. The molecule has 5 aliphatic rings. The maximum absolute atomic E-state index is 12.8. The van der Waals surface area contributed by atoms with Gasteiger partial charge in [0.05, 0.1) is 18.1 Å². The molecule has 7 heteroatoms. The number of allylic oxidation sites excluding steroid dienone is 2. The fourth-order valence-electron chi connectivity index (χ4n) is 4.97. The van der Waals surface area contributed by atoms with E-state index >= 15 is 0 Å². The molecule has 2 bridgehead atoms. The number of imide groups is 1. The van der Waals surface area contributed by atoms with Crippen LogP contribution in [0.3, 0.4) is 0 Å².